The van der Waals surface area contributed by atoms with Gasteiger partial charge >= 0.3 is 5.97 Å². The van der Waals surface area contributed by atoms with Crippen LogP contribution in [0.25, 0.3) is 17.0 Å². The first-order valence-electron chi connectivity index (χ1n) is 9.46. The highest BCUT2D eigenvalue weighted by molar-refractivity contribution is 5.87. The number of aromatic amines is 1. The van der Waals surface area contributed by atoms with Crippen LogP contribution in [0, 0.1) is 20.8 Å². The van der Waals surface area contributed by atoms with Crippen molar-refractivity contribution in [2.45, 2.75) is 46.3 Å². The number of carbonyl (C=O) groups excluding carboxylic acids is 1. The second-order valence-electron chi connectivity index (χ2n) is 7.35. The fraction of sp³-hybridized carbons (Fsp3) is 0.318. The fourth-order valence-electron chi connectivity index (χ4n) is 3.63. The molecular formula is C22H23N3O3. The molecule has 2 aromatic heterocycles. The number of esters is 1. The molecule has 4 rings (SSSR count). The van der Waals surface area contributed by atoms with E-state index in [1.54, 1.807) is 12.1 Å². The van der Waals surface area contributed by atoms with Crippen molar-refractivity contribution in [1.29, 1.82) is 0 Å². The summed E-state index contributed by atoms with van der Waals surface area (Å²) in [6.07, 6.45) is 5.64. The van der Waals surface area contributed by atoms with Gasteiger partial charge in [0.2, 0.25) is 0 Å². The first kappa shape index (κ1) is 18.2. The first-order valence-corrected chi connectivity index (χ1v) is 9.46. The summed E-state index contributed by atoms with van der Waals surface area (Å²) in [5.41, 5.74) is 4.70. The van der Waals surface area contributed by atoms with Crippen LogP contribution in [0.1, 0.15) is 47.2 Å². The monoisotopic (exact) mass is 377 g/mol. The SMILES string of the molecule is Cc1cccc2c(=O)[nH]c(COC(=O)/C=C/c3cc(C)n(C4CC4)c3C)nc12. The van der Waals surface area contributed by atoms with Crippen molar-refractivity contribution in [1.82, 2.24) is 14.5 Å². The van der Waals surface area contributed by atoms with Gasteiger partial charge in [0.05, 0.1) is 10.9 Å². The number of nitrogens with one attached hydrogen (secondary N) is 1. The zero-order chi connectivity index (χ0) is 19.8. The van der Waals surface area contributed by atoms with Crippen LogP contribution in [0.2, 0.25) is 0 Å². The number of hydrogen-bond acceptors (Lipinski definition) is 4. The third-order valence-corrected chi connectivity index (χ3v) is 5.17. The number of fused-ring (bicyclic) bond motifs is 1. The van der Waals surface area contributed by atoms with Gasteiger partial charge in [-0.25, -0.2) is 9.78 Å². The molecule has 0 radical (unpaired) electrons. The van der Waals surface area contributed by atoms with Gasteiger partial charge < -0.3 is 14.3 Å². The minimum Gasteiger partial charge on any atom is -0.454 e. The van der Waals surface area contributed by atoms with E-state index in [9.17, 15) is 9.59 Å². The molecule has 28 heavy (non-hydrogen) atoms. The van der Waals surface area contributed by atoms with Gasteiger partial charge in [0, 0.05) is 23.5 Å². The molecule has 3 aromatic rings. The summed E-state index contributed by atoms with van der Waals surface area (Å²) >= 11 is 0. The summed E-state index contributed by atoms with van der Waals surface area (Å²) in [6.45, 7) is 5.97. The van der Waals surface area contributed by atoms with Crippen molar-refractivity contribution >= 4 is 22.9 Å². The van der Waals surface area contributed by atoms with Crippen molar-refractivity contribution in [3.8, 4) is 0 Å². The van der Waals surface area contributed by atoms with Crippen molar-refractivity contribution in [2.75, 3.05) is 0 Å². The number of hydrogen-bond donors (Lipinski definition) is 1. The maximum Gasteiger partial charge on any atom is 0.331 e. The minimum absolute atomic E-state index is 0.0796. The normalized spacial score (nSPS) is 14.1. The molecule has 1 aliphatic rings. The largest absolute Gasteiger partial charge is 0.454 e. The summed E-state index contributed by atoms with van der Waals surface area (Å²) in [5.74, 6) is -0.135. The molecular weight excluding hydrogens is 354 g/mol. The number of nitrogens with zero attached hydrogens (tertiary/aromatic N) is 2. The van der Waals surface area contributed by atoms with Gasteiger partial charge in [-0.1, -0.05) is 12.1 Å². The van der Waals surface area contributed by atoms with E-state index in [0.717, 1.165) is 11.1 Å². The second kappa shape index (κ2) is 7.11. The maximum absolute atomic E-state index is 12.2. The van der Waals surface area contributed by atoms with Crippen molar-refractivity contribution in [2.24, 2.45) is 0 Å². The summed E-state index contributed by atoms with van der Waals surface area (Å²) in [6, 6.07) is 8.13. The summed E-state index contributed by atoms with van der Waals surface area (Å²) < 4.78 is 7.60. The van der Waals surface area contributed by atoms with Gasteiger partial charge in [0.1, 0.15) is 12.4 Å². The number of ether oxygens (including phenoxy) is 1. The third-order valence-electron chi connectivity index (χ3n) is 5.17. The van der Waals surface area contributed by atoms with Crippen molar-refractivity contribution in [3.63, 3.8) is 0 Å². The summed E-state index contributed by atoms with van der Waals surface area (Å²) in [5, 5.41) is 0.529. The molecule has 0 atom stereocenters. The molecule has 6 nitrogen and oxygen atoms in total. The Hall–Kier alpha value is -3.15. The number of benzene rings is 1. The van der Waals surface area contributed by atoms with E-state index < -0.39 is 5.97 Å². The van der Waals surface area contributed by atoms with Crippen LogP contribution in [0.5, 0.6) is 0 Å². The van der Waals surface area contributed by atoms with E-state index in [1.165, 1.54) is 30.3 Å². The Morgan fingerprint density at radius 2 is 2.11 bits per heavy atom. The summed E-state index contributed by atoms with van der Waals surface area (Å²) in [7, 11) is 0. The lowest BCUT2D eigenvalue weighted by Crippen LogP contribution is -2.14. The van der Waals surface area contributed by atoms with E-state index in [2.05, 4.69) is 34.4 Å². The Morgan fingerprint density at radius 1 is 1.32 bits per heavy atom. The molecule has 1 aliphatic carbocycles. The average Bonchev–Trinajstić information content (AvgIpc) is 3.45. The highest BCUT2D eigenvalue weighted by Gasteiger charge is 2.26. The zero-order valence-corrected chi connectivity index (χ0v) is 16.3. The van der Waals surface area contributed by atoms with Crippen LogP contribution >= 0.6 is 0 Å². The highest BCUT2D eigenvalue weighted by atomic mass is 16.5. The predicted octanol–water partition coefficient (Wildman–Crippen LogP) is 3.74. The standard InChI is InChI=1S/C22H23N3O3/c1-13-5-4-6-18-21(13)23-19(24-22(18)27)12-28-20(26)10-7-16-11-14(2)25(15(16)3)17-8-9-17/h4-7,10-11,17H,8-9,12H2,1-3H3,(H,23,24,27)/b10-7+. The van der Waals surface area contributed by atoms with Crippen LogP contribution in [0.15, 0.2) is 35.1 Å². The van der Waals surface area contributed by atoms with Crippen LogP contribution in [0.4, 0.5) is 0 Å². The van der Waals surface area contributed by atoms with E-state index in [1.807, 2.05) is 19.1 Å². The molecule has 1 aromatic carbocycles. The quantitative estimate of drug-likeness (QED) is 0.543. The molecule has 1 fully saturated rings. The van der Waals surface area contributed by atoms with Crippen LogP contribution < -0.4 is 5.56 Å². The van der Waals surface area contributed by atoms with Crippen LogP contribution in [-0.2, 0) is 16.1 Å². The number of carbonyl (C=O) groups is 1. The Bertz CT molecular complexity index is 1150. The van der Waals surface area contributed by atoms with Gasteiger partial charge in [-0.2, -0.15) is 0 Å². The van der Waals surface area contributed by atoms with E-state index in [4.69, 9.17) is 4.74 Å². The summed E-state index contributed by atoms with van der Waals surface area (Å²) in [4.78, 5) is 31.4. The Morgan fingerprint density at radius 3 is 2.86 bits per heavy atom. The van der Waals surface area contributed by atoms with E-state index in [0.29, 0.717) is 22.8 Å². The number of aromatic nitrogens is 3. The average molecular weight is 377 g/mol. The van der Waals surface area contributed by atoms with Crippen molar-refractivity contribution < 1.29 is 9.53 Å². The Labute approximate surface area is 162 Å². The molecule has 144 valence electrons. The third kappa shape index (κ3) is 3.50. The molecule has 0 aliphatic heterocycles. The Balaban J connectivity index is 1.46. The van der Waals surface area contributed by atoms with Gasteiger partial charge in [0.15, 0.2) is 0 Å². The molecule has 0 saturated heterocycles. The van der Waals surface area contributed by atoms with Gasteiger partial charge in [-0.3, -0.25) is 4.79 Å². The Kier molecular flexibility index (Phi) is 4.63. The lowest BCUT2D eigenvalue weighted by Gasteiger charge is -2.06. The van der Waals surface area contributed by atoms with Gasteiger partial charge in [-0.05, 0) is 62.9 Å². The molecule has 0 amide bonds. The topological polar surface area (TPSA) is 77.0 Å². The number of rotatable bonds is 5. The molecule has 1 N–H and O–H groups in total. The van der Waals surface area contributed by atoms with Crippen LogP contribution in [-0.4, -0.2) is 20.5 Å². The van der Waals surface area contributed by atoms with Gasteiger partial charge in [0.25, 0.3) is 5.56 Å². The predicted molar refractivity (Wildman–Crippen MR) is 108 cm³/mol. The molecule has 2 heterocycles. The molecule has 0 unspecified atom stereocenters. The number of H-pyrrole nitrogens is 1. The maximum atomic E-state index is 12.2. The second-order valence-corrected chi connectivity index (χ2v) is 7.35. The number of aryl methyl sites for hydroxylation is 2. The molecule has 6 heteroatoms. The lowest BCUT2D eigenvalue weighted by atomic mass is 10.1. The van der Waals surface area contributed by atoms with Crippen LogP contribution in [0.3, 0.4) is 0 Å². The number of para-hydroxylation sites is 1. The van der Waals surface area contributed by atoms with Crippen molar-refractivity contribution in [3.05, 3.63) is 69.0 Å². The smallest absolute Gasteiger partial charge is 0.331 e. The highest BCUT2D eigenvalue weighted by Crippen LogP contribution is 2.38. The molecule has 1 saturated carbocycles. The first-order chi connectivity index (χ1) is 13.4. The van der Waals surface area contributed by atoms with E-state index in [-0.39, 0.29) is 12.2 Å². The van der Waals surface area contributed by atoms with Gasteiger partial charge in [-0.15, -0.1) is 0 Å². The lowest BCUT2D eigenvalue weighted by molar-refractivity contribution is -0.139. The van der Waals surface area contributed by atoms with E-state index >= 15 is 0 Å². The fourth-order valence-corrected chi connectivity index (χ4v) is 3.63. The molecule has 0 spiro atoms. The zero-order valence-electron chi connectivity index (χ0n) is 16.3. The minimum atomic E-state index is -0.469. The molecule has 0 bridgehead atoms.